The summed E-state index contributed by atoms with van der Waals surface area (Å²) in [5.74, 6) is -0.110. The van der Waals surface area contributed by atoms with Gasteiger partial charge < -0.3 is 24.4 Å². The Morgan fingerprint density at radius 3 is 2.52 bits per heavy atom. The molecule has 3 heterocycles. The molecule has 2 aromatic heterocycles. The molecule has 0 unspecified atom stereocenters. The SMILES string of the molecule is O=C(O)c1cn2ccnc(N3CCN(c4ccccc4O)CC3)c2n1. The van der Waals surface area contributed by atoms with Crippen molar-refractivity contribution in [2.75, 3.05) is 36.0 Å². The number of phenolic OH excluding ortho intramolecular Hbond substituents is 1. The highest BCUT2D eigenvalue weighted by atomic mass is 16.4. The van der Waals surface area contributed by atoms with Gasteiger partial charge in [0, 0.05) is 44.8 Å². The lowest BCUT2D eigenvalue weighted by atomic mass is 10.2. The summed E-state index contributed by atoms with van der Waals surface area (Å²) in [6, 6.07) is 7.29. The van der Waals surface area contributed by atoms with Crippen LogP contribution in [0.25, 0.3) is 5.65 Å². The second-order valence-corrected chi connectivity index (χ2v) is 5.88. The molecule has 3 aromatic rings. The second kappa shape index (κ2) is 5.97. The third-order valence-electron chi connectivity index (χ3n) is 4.38. The molecule has 0 bridgehead atoms. The monoisotopic (exact) mass is 339 g/mol. The van der Waals surface area contributed by atoms with E-state index in [2.05, 4.69) is 19.8 Å². The lowest BCUT2D eigenvalue weighted by Crippen LogP contribution is -2.47. The second-order valence-electron chi connectivity index (χ2n) is 5.88. The summed E-state index contributed by atoms with van der Waals surface area (Å²) in [6.07, 6.45) is 4.82. The van der Waals surface area contributed by atoms with Crippen molar-refractivity contribution in [2.24, 2.45) is 0 Å². The fraction of sp³-hybridized carbons (Fsp3) is 0.235. The summed E-state index contributed by atoms with van der Waals surface area (Å²) in [5, 5.41) is 19.1. The summed E-state index contributed by atoms with van der Waals surface area (Å²) < 4.78 is 1.68. The number of para-hydroxylation sites is 2. The number of rotatable bonds is 3. The molecular formula is C17H17N5O3. The van der Waals surface area contributed by atoms with Crippen molar-refractivity contribution in [3.05, 3.63) is 48.5 Å². The van der Waals surface area contributed by atoms with Crippen LogP contribution in [0.3, 0.4) is 0 Å². The predicted octanol–water partition coefficient (Wildman–Crippen LogP) is 1.46. The first kappa shape index (κ1) is 15.3. The van der Waals surface area contributed by atoms with Gasteiger partial charge in [0.25, 0.3) is 0 Å². The van der Waals surface area contributed by atoms with E-state index < -0.39 is 5.97 Å². The summed E-state index contributed by atoms with van der Waals surface area (Å²) >= 11 is 0. The molecule has 1 aromatic carbocycles. The third-order valence-corrected chi connectivity index (χ3v) is 4.38. The van der Waals surface area contributed by atoms with Gasteiger partial charge in [0.1, 0.15) is 5.75 Å². The van der Waals surface area contributed by atoms with E-state index in [1.54, 1.807) is 28.9 Å². The van der Waals surface area contributed by atoms with Crippen molar-refractivity contribution in [2.45, 2.75) is 0 Å². The van der Waals surface area contributed by atoms with Crippen LogP contribution in [0.1, 0.15) is 10.5 Å². The summed E-state index contributed by atoms with van der Waals surface area (Å²) in [4.78, 5) is 23.9. The van der Waals surface area contributed by atoms with E-state index in [1.165, 1.54) is 6.20 Å². The van der Waals surface area contributed by atoms with E-state index >= 15 is 0 Å². The Morgan fingerprint density at radius 1 is 1.08 bits per heavy atom. The van der Waals surface area contributed by atoms with Crippen molar-refractivity contribution in [1.82, 2.24) is 14.4 Å². The van der Waals surface area contributed by atoms with Crippen LogP contribution >= 0.6 is 0 Å². The van der Waals surface area contributed by atoms with Crippen LogP contribution in [0, 0.1) is 0 Å². The van der Waals surface area contributed by atoms with Crippen LogP contribution in [0.2, 0.25) is 0 Å². The molecule has 1 saturated heterocycles. The van der Waals surface area contributed by atoms with Crippen molar-refractivity contribution in [3.63, 3.8) is 0 Å². The minimum atomic E-state index is -1.06. The number of carbonyl (C=O) groups is 1. The van der Waals surface area contributed by atoms with E-state index in [0.29, 0.717) is 24.6 Å². The van der Waals surface area contributed by atoms with Gasteiger partial charge in [-0.25, -0.2) is 14.8 Å². The topological polar surface area (TPSA) is 94.2 Å². The van der Waals surface area contributed by atoms with E-state index in [0.717, 1.165) is 18.8 Å². The third kappa shape index (κ3) is 2.71. The molecule has 128 valence electrons. The molecule has 0 radical (unpaired) electrons. The van der Waals surface area contributed by atoms with Gasteiger partial charge in [0.15, 0.2) is 17.2 Å². The van der Waals surface area contributed by atoms with Crippen molar-refractivity contribution in [1.29, 1.82) is 0 Å². The maximum absolute atomic E-state index is 11.1. The molecule has 25 heavy (non-hydrogen) atoms. The first-order valence-corrected chi connectivity index (χ1v) is 7.98. The Balaban J connectivity index is 1.58. The fourth-order valence-electron chi connectivity index (χ4n) is 3.12. The molecule has 0 aliphatic carbocycles. The molecule has 1 aliphatic rings. The number of aromatic carboxylic acids is 1. The smallest absolute Gasteiger partial charge is 0.356 e. The lowest BCUT2D eigenvalue weighted by Gasteiger charge is -2.36. The molecule has 0 saturated carbocycles. The molecular weight excluding hydrogens is 322 g/mol. The number of fused-ring (bicyclic) bond motifs is 1. The number of aromatic hydroxyl groups is 1. The average molecular weight is 339 g/mol. The molecule has 1 fully saturated rings. The Hall–Kier alpha value is -3.29. The van der Waals surface area contributed by atoms with E-state index in [4.69, 9.17) is 5.11 Å². The highest BCUT2D eigenvalue weighted by molar-refractivity contribution is 5.87. The highest BCUT2D eigenvalue weighted by Crippen LogP contribution is 2.28. The Kier molecular flexibility index (Phi) is 3.64. The van der Waals surface area contributed by atoms with E-state index in [-0.39, 0.29) is 11.4 Å². The van der Waals surface area contributed by atoms with Gasteiger partial charge in [0.05, 0.1) is 5.69 Å². The molecule has 0 spiro atoms. The zero-order chi connectivity index (χ0) is 17.4. The predicted molar refractivity (Wildman–Crippen MR) is 92.5 cm³/mol. The number of carboxylic acids is 1. The first-order chi connectivity index (χ1) is 12.1. The van der Waals surface area contributed by atoms with E-state index in [1.807, 2.05) is 12.1 Å². The van der Waals surface area contributed by atoms with Gasteiger partial charge in [-0.05, 0) is 12.1 Å². The van der Waals surface area contributed by atoms with Crippen LogP contribution in [0.15, 0.2) is 42.9 Å². The molecule has 0 amide bonds. The fourth-order valence-corrected chi connectivity index (χ4v) is 3.12. The summed E-state index contributed by atoms with van der Waals surface area (Å²) in [6.45, 7) is 2.87. The Bertz CT molecular complexity index is 931. The zero-order valence-corrected chi connectivity index (χ0v) is 13.4. The number of piperazine rings is 1. The van der Waals surface area contributed by atoms with Gasteiger partial charge in [-0.2, -0.15) is 0 Å². The number of anilines is 2. The molecule has 1 aliphatic heterocycles. The first-order valence-electron chi connectivity index (χ1n) is 7.98. The minimum Gasteiger partial charge on any atom is -0.506 e. The number of nitrogens with zero attached hydrogens (tertiary/aromatic N) is 5. The molecule has 8 nitrogen and oxygen atoms in total. The quantitative estimate of drug-likeness (QED) is 0.746. The van der Waals surface area contributed by atoms with Gasteiger partial charge in [-0.15, -0.1) is 0 Å². The number of imidazole rings is 1. The van der Waals surface area contributed by atoms with Gasteiger partial charge in [-0.3, -0.25) is 0 Å². The van der Waals surface area contributed by atoms with Crippen LogP contribution in [-0.4, -0.2) is 56.7 Å². The molecule has 8 heteroatoms. The Morgan fingerprint density at radius 2 is 1.80 bits per heavy atom. The van der Waals surface area contributed by atoms with Crippen LogP contribution < -0.4 is 9.80 Å². The van der Waals surface area contributed by atoms with Gasteiger partial charge in [-0.1, -0.05) is 12.1 Å². The number of carboxylic acid groups (broad SMARTS) is 1. The number of phenols is 1. The Labute approximate surface area is 143 Å². The average Bonchev–Trinajstić information content (AvgIpc) is 3.07. The molecule has 4 rings (SSSR count). The number of aromatic nitrogens is 3. The van der Waals surface area contributed by atoms with Gasteiger partial charge in [0.2, 0.25) is 0 Å². The zero-order valence-electron chi connectivity index (χ0n) is 13.4. The van der Waals surface area contributed by atoms with Crippen LogP contribution in [0.4, 0.5) is 11.5 Å². The lowest BCUT2D eigenvalue weighted by molar-refractivity contribution is 0.0691. The number of benzene rings is 1. The maximum atomic E-state index is 11.1. The van der Waals surface area contributed by atoms with Gasteiger partial charge >= 0.3 is 5.97 Å². The summed E-state index contributed by atoms with van der Waals surface area (Å²) in [5.41, 5.74) is 1.36. The van der Waals surface area contributed by atoms with Crippen molar-refractivity contribution < 1.29 is 15.0 Å². The number of hydrogen-bond acceptors (Lipinski definition) is 6. The van der Waals surface area contributed by atoms with Crippen molar-refractivity contribution in [3.8, 4) is 5.75 Å². The normalized spacial score (nSPS) is 14.9. The molecule has 2 N–H and O–H groups in total. The minimum absolute atomic E-state index is 0.00194. The van der Waals surface area contributed by atoms with Crippen LogP contribution in [0.5, 0.6) is 5.75 Å². The van der Waals surface area contributed by atoms with E-state index in [9.17, 15) is 9.90 Å². The largest absolute Gasteiger partial charge is 0.506 e. The highest BCUT2D eigenvalue weighted by Gasteiger charge is 2.23. The number of hydrogen-bond donors (Lipinski definition) is 2. The van der Waals surface area contributed by atoms with Crippen LogP contribution in [-0.2, 0) is 0 Å². The molecule has 0 atom stereocenters. The maximum Gasteiger partial charge on any atom is 0.356 e. The summed E-state index contributed by atoms with van der Waals surface area (Å²) in [7, 11) is 0. The standard InChI is InChI=1S/C17H17N5O3/c23-14-4-2-1-3-13(14)20-7-9-21(10-8-20)15-16-19-12(17(24)25)11-22(16)6-5-18-15/h1-6,11,23H,7-10H2,(H,24,25). The van der Waals surface area contributed by atoms with Crippen molar-refractivity contribution >= 4 is 23.1 Å².